The molecule has 1 aliphatic rings. The zero-order valence-corrected chi connectivity index (χ0v) is 14.8. The molecule has 1 aliphatic heterocycles. The third kappa shape index (κ3) is 4.49. The summed E-state index contributed by atoms with van der Waals surface area (Å²) in [7, 11) is 0. The van der Waals surface area contributed by atoms with Crippen molar-refractivity contribution in [3.8, 4) is 5.75 Å². The van der Waals surface area contributed by atoms with Crippen LogP contribution >= 0.6 is 0 Å². The second kappa shape index (κ2) is 8.55. The van der Waals surface area contributed by atoms with Crippen molar-refractivity contribution in [2.45, 2.75) is 45.5 Å². The Morgan fingerprint density at radius 1 is 1.19 bits per heavy atom. The molecule has 0 spiro atoms. The van der Waals surface area contributed by atoms with Crippen LogP contribution in [0.5, 0.6) is 5.75 Å². The molecular weight excluding hydrogens is 376 g/mol. The van der Waals surface area contributed by atoms with Crippen LogP contribution in [0.1, 0.15) is 38.7 Å². The summed E-state index contributed by atoms with van der Waals surface area (Å²) in [6.45, 7) is 3.45. The Labute approximate surface area is 152 Å². The van der Waals surface area contributed by atoms with Crippen LogP contribution in [-0.2, 0) is 19.0 Å². The predicted molar refractivity (Wildman–Crippen MR) is 82.3 cm³/mol. The molecule has 0 N–H and O–H groups in total. The lowest BCUT2D eigenvalue weighted by Gasteiger charge is -2.21. The minimum atomic E-state index is -1.87. The second-order valence-corrected chi connectivity index (χ2v) is 6.00. The van der Waals surface area contributed by atoms with Gasteiger partial charge in [-0.3, -0.25) is 4.79 Å². The van der Waals surface area contributed by atoms with Gasteiger partial charge >= 0.3 is 6.16 Å². The van der Waals surface area contributed by atoms with Crippen molar-refractivity contribution in [1.82, 2.24) is 0 Å². The van der Waals surface area contributed by atoms with E-state index in [2.05, 4.69) is 9.47 Å². The number of rotatable bonds is 8. The van der Waals surface area contributed by atoms with Gasteiger partial charge in [0, 0.05) is 12.5 Å². The number of benzene rings is 1. The van der Waals surface area contributed by atoms with Gasteiger partial charge in [0.2, 0.25) is 17.4 Å². The topological polar surface area (TPSA) is 71.1 Å². The SMILES string of the molecule is CCC(C)c1c(F)c(F)c(OC(OCC2COC(=O)O2)C(C)=O)c(F)c1F. The number of hydrogen-bond donors (Lipinski definition) is 0. The predicted octanol–water partition coefficient (Wildman–Crippen LogP) is 3.60. The van der Waals surface area contributed by atoms with Gasteiger partial charge in [0.1, 0.15) is 6.61 Å². The highest BCUT2D eigenvalue weighted by Crippen LogP contribution is 2.35. The highest BCUT2D eigenvalue weighted by Gasteiger charge is 2.33. The summed E-state index contributed by atoms with van der Waals surface area (Å²) in [5.41, 5.74) is -0.741. The lowest BCUT2D eigenvalue weighted by molar-refractivity contribution is -0.152. The quantitative estimate of drug-likeness (QED) is 0.290. The van der Waals surface area contributed by atoms with E-state index in [1.807, 2.05) is 0 Å². The van der Waals surface area contributed by atoms with Gasteiger partial charge in [-0.05, 0) is 12.3 Å². The molecule has 3 unspecified atom stereocenters. The molecule has 0 saturated carbocycles. The Morgan fingerprint density at radius 2 is 1.78 bits per heavy atom. The highest BCUT2D eigenvalue weighted by atomic mass is 19.2. The van der Waals surface area contributed by atoms with E-state index in [1.54, 1.807) is 6.92 Å². The van der Waals surface area contributed by atoms with Crippen LogP contribution in [0.15, 0.2) is 0 Å². The first kappa shape index (κ1) is 20.9. The standard InChI is InChI=1S/C17H18F4O6/c1-4-7(2)10-11(18)13(20)15(14(21)12(10)19)27-16(8(3)22)24-5-9-6-25-17(23)26-9/h7,9,16H,4-6H2,1-3H3. The lowest BCUT2D eigenvalue weighted by atomic mass is 9.96. The van der Waals surface area contributed by atoms with E-state index < -0.39 is 71.4 Å². The summed E-state index contributed by atoms with van der Waals surface area (Å²) in [4.78, 5) is 22.4. The molecule has 0 aromatic heterocycles. The Morgan fingerprint density at radius 3 is 2.22 bits per heavy atom. The van der Waals surface area contributed by atoms with E-state index in [-0.39, 0.29) is 13.0 Å². The lowest BCUT2D eigenvalue weighted by Crippen LogP contribution is -2.33. The molecule has 0 bridgehead atoms. The van der Waals surface area contributed by atoms with E-state index in [4.69, 9.17) is 9.47 Å². The number of ketones is 1. The maximum absolute atomic E-state index is 14.3. The normalized spacial score (nSPS) is 18.6. The molecular formula is C17H18F4O6. The number of carbonyl (C=O) groups excluding carboxylic acids is 2. The van der Waals surface area contributed by atoms with Crippen molar-refractivity contribution in [3.63, 3.8) is 0 Å². The first-order chi connectivity index (χ1) is 12.7. The summed E-state index contributed by atoms with van der Waals surface area (Å²) in [6, 6.07) is 0. The number of halogens is 4. The molecule has 3 atom stereocenters. The number of hydrogen-bond acceptors (Lipinski definition) is 6. The van der Waals surface area contributed by atoms with Crippen LogP contribution < -0.4 is 4.74 Å². The summed E-state index contributed by atoms with van der Waals surface area (Å²) in [5, 5.41) is 0. The van der Waals surface area contributed by atoms with Crippen LogP contribution in [0.25, 0.3) is 0 Å². The summed E-state index contributed by atoms with van der Waals surface area (Å²) >= 11 is 0. The molecule has 0 amide bonds. The monoisotopic (exact) mass is 394 g/mol. The Bertz CT molecular complexity index is 710. The summed E-state index contributed by atoms with van der Waals surface area (Å²) in [6.07, 6.45) is -3.43. The van der Waals surface area contributed by atoms with E-state index in [1.165, 1.54) is 6.92 Å². The van der Waals surface area contributed by atoms with Crippen molar-refractivity contribution < 1.29 is 46.1 Å². The van der Waals surface area contributed by atoms with Crippen molar-refractivity contribution in [1.29, 1.82) is 0 Å². The number of Topliss-reactive ketones (excluding diaryl/α,β-unsaturated/α-hetero) is 1. The Balaban J connectivity index is 2.24. The van der Waals surface area contributed by atoms with E-state index >= 15 is 0 Å². The Hall–Kier alpha value is -2.36. The Kier molecular flexibility index (Phi) is 6.63. The largest absolute Gasteiger partial charge is 0.508 e. The van der Waals surface area contributed by atoms with E-state index in [9.17, 15) is 27.2 Å². The fourth-order valence-corrected chi connectivity index (χ4v) is 2.35. The zero-order chi connectivity index (χ0) is 20.3. The molecule has 1 aromatic rings. The van der Waals surface area contributed by atoms with Gasteiger partial charge in [-0.25, -0.2) is 13.6 Å². The molecule has 150 valence electrons. The van der Waals surface area contributed by atoms with Crippen LogP contribution in [0, 0.1) is 23.3 Å². The van der Waals surface area contributed by atoms with Crippen molar-refractivity contribution in [3.05, 3.63) is 28.8 Å². The third-order valence-corrected chi connectivity index (χ3v) is 4.00. The molecule has 0 aliphatic carbocycles. The fourth-order valence-electron chi connectivity index (χ4n) is 2.35. The third-order valence-electron chi connectivity index (χ3n) is 4.00. The van der Waals surface area contributed by atoms with Crippen LogP contribution in [0.3, 0.4) is 0 Å². The van der Waals surface area contributed by atoms with Crippen molar-refractivity contribution in [2.24, 2.45) is 0 Å². The molecule has 1 saturated heterocycles. The van der Waals surface area contributed by atoms with Crippen LogP contribution in [-0.4, -0.2) is 37.5 Å². The molecule has 1 heterocycles. The number of cyclic esters (lactones) is 2. The first-order valence-corrected chi connectivity index (χ1v) is 8.15. The van der Waals surface area contributed by atoms with Crippen molar-refractivity contribution in [2.75, 3.05) is 13.2 Å². The maximum Gasteiger partial charge on any atom is 0.508 e. The minimum absolute atomic E-state index is 0.154. The second-order valence-electron chi connectivity index (χ2n) is 6.00. The molecule has 0 radical (unpaired) electrons. The van der Waals surface area contributed by atoms with E-state index in [0.717, 1.165) is 6.92 Å². The maximum atomic E-state index is 14.3. The van der Waals surface area contributed by atoms with Gasteiger partial charge < -0.3 is 18.9 Å². The van der Waals surface area contributed by atoms with Gasteiger partial charge in [0.25, 0.3) is 6.29 Å². The van der Waals surface area contributed by atoms with Gasteiger partial charge in [0.15, 0.2) is 23.5 Å². The molecule has 2 rings (SSSR count). The molecule has 6 nitrogen and oxygen atoms in total. The average Bonchev–Trinajstić information content (AvgIpc) is 3.04. The molecule has 1 aromatic carbocycles. The van der Waals surface area contributed by atoms with Crippen LogP contribution in [0.2, 0.25) is 0 Å². The smallest absolute Gasteiger partial charge is 0.451 e. The first-order valence-electron chi connectivity index (χ1n) is 8.15. The van der Waals surface area contributed by atoms with Gasteiger partial charge in [0.05, 0.1) is 6.61 Å². The number of carbonyl (C=O) groups is 2. The molecule has 10 heteroatoms. The van der Waals surface area contributed by atoms with Gasteiger partial charge in [-0.15, -0.1) is 0 Å². The highest BCUT2D eigenvalue weighted by molar-refractivity contribution is 5.79. The van der Waals surface area contributed by atoms with Gasteiger partial charge in [-0.1, -0.05) is 13.8 Å². The number of ether oxygens (including phenoxy) is 4. The summed E-state index contributed by atoms with van der Waals surface area (Å²) in [5.74, 6) is -9.75. The van der Waals surface area contributed by atoms with Crippen molar-refractivity contribution >= 4 is 11.9 Å². The molecule has 1 fully saturated rings. The van der Waals surface area contributed by atoms with Crippen LogP contribution in [0.4, 0.5) is 22.4 Å². The average molecular weight is 394 g/mol. The zero-order valence-electron chi connectivity index (χ0n) is 14.8. The fraction of sp³-hybridized carbons (Fsp3) is 0.529. The summed E-state index contributed by atoms with van der Waals surface area (Å²) < 4.78 is 75.9. The van der Waals surface area contributed by atoms with Gasteiger partial charge in [-0.2, -0.15) is 8.78 Å². The van der Waals surface area contributed by atoms with E-state index in [0.29, 0.717) is 0 Å². The molecule has 27 heavy (non-hydrogen) atoms. The minimum Gasteiger partial charge on any atom is -0.451 e.